The Morgan fingerprint density at radius 1 is 0.544 bits per heavy atom. The Morgan fingerprint density at radius 2 is 0.912 bits per heavy atom. The zero-order valence-electron chi connectivity index (χ0n) is 33.4. The molecule has 57 heavy (non-hydrogen) atoms. The molecule has 0 aliphatic carbocycles. The van der Waals surface area contributed by atoms with Gasteiger partial charge >= 0.3 is 0 Å². The average molecular weight is 767 g/mol. The molecule has 0 fully saturated rings. The number of ether oxygens (including phenoxy) is 1. The smallest absolute Gasteiger partial charge is 0.223 e. The van der Waals surface area contributed by atoms with Crippen molar-refractivity contribution in [3.63, 3.8) is 0 Å². The van der Waals surface area contributed by atoms with E-state index in [9.17, 15) is 9.59 Å². The largest absolute Gasteiger partial charge is 0.369 e. The molecule has 11 nitrogen and oxygen atoms in total. The molecule has 11 heteroatoms. The molecule has 0 saturated carbocycles. The molecule has 0 aliphatic rings. The number of amides is 2. The van der Waals surface area contributed by atoms with E-state index in [-0.39, 0.29) is 35.7 Å². The van der Waals surface area contributed by atoms with Crippen molar-refractivity contribution in [1.82, 2.24) is 40.6 Å². The summed E-state index contributed by atoms with van der Waals surface area (Å²) in [6, 6.07) is 36.8. The van der Waals surface area contributed by atoms with Gasteiger partial charge in [-0.1, -0.05) is 147 Å². The highest BCUT2D eigenvalue weighted by Gasteiger charge is 2.20. The van der Waals surface area contributed by atoms with Crippen LogP contribution in [0.2, 0.25) is 0 Å². The molecule has 0 aliphatic heterocycles. The molecule has 6 aromatic rings. The van der Waals surface area contributed by atoms with Gasteiger partial charge in [0.15, 0.2) is 0 Å². The quantitative estimate of drug-likeness (QED) is 0.0820. The summed E-state index contributed by atoms with van der Waals surface area (Å²) in [6.07, 6.45) is 7.48. The molecule has 4 aromatic carbocycles. The van der Waals surface area contributed by atoms with Crippen molar-refractivity contribution in [1.29, 1.82) is 0 Å². The van der Waals surface area contributed by atoms with Gasteiger partial charge < -0.3 is 15.4 Å². The molecule has 0 spiro atoms. The van der Waals surface area contributed by atoms with E-state index in [0.29, 0.717) is 13.2 Å². The SMILES string of the molecule is CC(C)C(=O)N[C@@H](c1ccccc1)c1ccc(CCCn2cc(COCc3cn(CCCc4ccc([C@@H](NC(=O)C(C)C)c5ccccc5)cc4)nn3)nn2)cc1. The predicted octanol–water partition coefficient (Wildman–Crippen LogP) is 7.58. The van der Waals surface area contributed by atoms with Crippen LogP contribution in [0.1, 0.15) is 97.4 Å². The van der Waals surface area contributed by atoms with Crippen molar-refractivity contribution >= 4 is 11.8 Å². The van der Waals surface area contributed by atoms with Gasteiger partial charge in [-0.3, -0.25) is 19.0 Å². The highest BCUT2D eigenvalue weighted by molar-refractivity contribution is 5.79. The van der Waals surface area contributed by atoms with Gasteiger partial charge in [0, 0.05) is 24.9 Å². The van der Waals surface area contributed by atoms with Gasteiger partial charge in [-0.2, -0.15) is 0 Å². The van der Waals surface area contributed by atoms with Gasteiger partial charge in [0.05, 0.1) is 37.7 Å². The third-order valence-corrected chi connectivity index (χ3v) is 9.89. The normalized spacial score (nSPS) is 12.5. The molecule has 2 heterocycles. The van der Waals surface area contributed by atoms with E-state index in [2.05, 4.69) is 79.8 Å². The summed E-state index contributed by atoms with van der Waals surface area (Å²) in [5.41, 5.74) is 8.24. The fourth-order valence-electron chi connectivity index (χ4n) is 6.56. The number of nitrogens with zero attached hydrogens (tertiary/aromatic N) is 6. The number of aromatic nitrogens is 6. The summed E-state index contributed by atoms with van der Waals surface area (Å²) in [6.45, 7) is 9.80. The fraction of sp³-hybridized carbons (Fsp3) is 0.348. The van der Waals surface area contributed by atoms with Crippen LogP contribution in [0.3, 0.4) is 0 Å². The molecular formula is C46H54N8O3. The van der Waals surface area contributed by atoms with Crippen LogP contribution in [-0.4, -0.2) is 41.8 Å². The van der Waals surface area contributed by atoms with Gasteiger partial charge in [0.2, 0.25) is 11.8 Å². The standard InChI is InChI=1S/C46H54N8O3/c1-33(2)45(55)47-43(37-15-7-5-8-16-37)39-23-19-35(20-24-39)13-11-27-53-29-41(49-51-53)31-57-32-42-30-54(52-50-42)28-12-14-36-21-25-40(26-22-36)44(48-46(56)34(3)4)38-17-9-6-10-18-38/h5-10,15-26,29-30,33-34,43-44H,11-14,27-28,31-32H2,1-4H3,(H,47,55)(H,48,56)/t43-,44-/m0/s1. The number of nitrogens with one attached hydrogen (secondary N) is 2. The first kappa shape index (κ1) is 40.7. The van der Waals surface area contributed by atoms with E-state index < -0.39 is 0 Å². The lowest BCUT2D eigenvalue weighted by Gasteiger charge is -2.21. The Balaban J connectivity index is 0.900. The summed E-state index contributed by atoms with van der Waals surface area (Å²) >= 11 is 0. The zero-order valence-corrected chi connectivity index (χ0v) is 33.4. The maximum Gasteiger partial charge on any atom is 0.223 e. The predicted molar refractivity (Wildman–Crippen MR) is 221 cm³/mol. The van der Waals surface area contributed by atoms with Crippen LogP contribution >= 0.6 is 0 Å². The van der Waals surface area contributed by atoms with Crippen LogP contribution in [0.25, 0.3) is 0 Å². The van der Waals surface area contributed by atoms with Crippen molar-refractivity contribution in [2.24, 2.45) is 11.8 Å². The second-order valence-corrected chi connectivity index (χ2v) is 15.1. The van der Waals surface area contributed by atoms with Crippen LogP contribution in [0, 0.1) is 11.8 Å². The van der Waals surface area contributed by atoms with Crippen LogP contribution < -0.4 is 10.6 Å². The molecule has 296 valence electrons. The third kappa shape index (κ3) is 12.0. The minimum Gasteiger partial charge on any atom is -0.369 e. The lowest BCUT2D eigenvalue weighted by Crippen LogP contribution is -2.32. The van der Waals surface area contributed by atoms with Crippen molar-refractivity contribution in [2.75, 3.05) is 0 Å². The third-order valence-electron chi connectivity index (χ3n) is 9.89. The molecule has 2 amide bonds. The molecule has 0 saturated heterocycles. The monoisotopic (exact) mass is 766 g/mol. The van der Waals surface area contributed by atoms with Gasteiger partial charge in [0.25, 0.3) is 0 Å². The number of hydrogen-bond acceptors (Lipinski definition) is 7. The Kier molecular flexibility index (Phi) is 14.5. The average Bonchev–Trinajstić information content (AvgIpc) is 3.89. The lowest BCUT2D eigenvalue weighted by atomic mass is 9.96. The molecule has 2 N–H and O–H groups in total. The van der Waals surface area contributed by atoms with Crippen LogP contribution in [-0.2, 0) is 53.5 Å². The van der Waals surface area contributed by atoms with Gasteiger partial charge in [-0.05, 0) is 59.1 Å². The Labute approximate surface area is 335 Å². The van der Waals surface area contributed by atoms with Crippen molar-refractivity contribution < 1.29 is 14.3 Å². The van der Waals surface area contributed by atoms with Gasteiger partial charge in [-0.25, -0.2) is 0 Å². The number of benzene rings is 4. The number of carbonyl (C=O) groups excluding carboxylic acids is 2. The van der Waals surface area contributed by atoms with Crippen molar-refractivity contribution in [2.45, 2.75) is 91.8 Å². The highest BCUT2D eigenvalue weighted by atomic mass is 16.5. The van der Waals surface area contributed by atoms with Crippen LogP contribution in [0.15, 0.2) is 122 Å². The molecular weight excluding hydrogens is 713 g/mol. The van der Waals surface area contributed by atoms with E-state index in [4.69, 9.17) is 4.74 Å². The Bertz CT molecular complexity index is 1970. The first-order chi connectivity index (χ1) is 27.7. The van der Waals surface area contributed by atoms with E-state index in [0.717, 1.165) is 72.4 Å². The van der Waals surface area contributed by atoms with E-state index in [1.165, 1.54) is 11.1 Å². The van der Waals surface area contributed by atoms with Crippen molar-refractivity contribution in [3.8, 4) is 0 Å². The minimum atomic E-state index is -0.189. The maximum atomic E-state index is 12.6. The maximum absolute atomic E-state index is 12.6. The van der Waals surface area contributed by atoms with E-state index in [1.54, 1.807) is 0 Å². The summed E-state index contributed by atoms with van der Waals surface area (Å²) in [4.78, 5) is 25.1. The minimum absolute atomic E-state index is 0.0320. The number of hydrogen-bond donors (Lipinski definition) is 2. The Hall–Kier alpha value is -5.94. The Morgan fingerprint density at radius 3 is 1.28 bits per heavy atom. The molecule has 0 bridgehead atoms. The lowest BCUT2D eigenvalue weighted by molar-refractivity contribution is -0.125. The summed E-state index contributed by atoms with van der Waals surface area (Å²) in [7, 11) is 0. The van der Waals surface area contributed by atoms with E-state index >= 15 is 0 Å². The zero-order chi connectivity index (χ0) is 40.0. The van der Waals surface area contributed by atoms with Crippen LogP contribution in [0.4, 0.5) is 0 Å². The first-order valence-corrected chi connectivity index (χ1v) is 20.0. The van der Waals surface area contributed by atoms with E-state index in [1.807, 2.05) is 110 Å². The second kappa shape index (κ2) is 20.3. The molecule has 6 rings (SSSR count). The highest BCUT2D eigenvalue weighted by Crippen LogP contribution is 2.25. The number of aryl methyl sites for hydroxylation is 4. The van der Waals surface area contributed by atoms with Gasteiger partial charge in [-0.15, -0.1) is 10.2 Å². The van der Waals surface area contributed by atoms with Gasteiger partial charge in [0.1, 0.15) is 11.4 Å². The van der Waals surface area contributed by atoms with Crippen molar-refractivity contribution in [3.05, 3.63) is 166 Å². The summed E-state index contributed by atoms with van der Waals surface area (Å²) in [5.74, 6) is -0.115. The first-order valence-electron chi connectivity index (χ1n) is 20.0. The topological polar surface area (TPSA) is 129 Å². The fourth-order valence-corrected chi connectivity index (χ4v) is 6.56. The molecule has 0 radical (unpaired) electrons. The molecule has 2 atom stereocenters. The summed E-state index contributed by atoms with van der Waals surface area (Å²) in [5, 5.41) is 23.6. The number of carbonyl (C=O) groups is 2. The molecule has 0 unspecified atom stereocenters. The van der Waals surface area contributed by atoms with Crippen LogP contribution in [0.5, 0.6) is 0 Å². The number of rotatable bonds is 20. The second-order valence-electron chi connectivity index (χ2n) is 15.1. The molecule has 2 aromatic heterocycles. The summed E-state index contributed by atoms with van der Waals surface area (Å²) < 4.78 is 9.61.